The van der Waals surface area contributed by atoms with Gasteiger partial charge in [0.15, 0.2) is 0 Å². The maximum absolute atomic E-state index is 12.1. The minimum absolute atomic E-state index is 0.171. The third-order valence-corrected chi connectivity index (χ3v) is 2.78. The number of nitrogens with two attached hydrogens (primary N) is 1. The maximum Gasteiger partial charge on any atom is 0.277 e. The zero-order chi connectivity index (χ0) is 12.7. The summed E-state index contributed by atoms with van der Waals surface area (Å²) in [7, 11) is 0. The van der Waals surface area contributed by atoms with Gasteiger partial charge in [0.25, 0.3) is 11.3 Å². The number of anilines is 1. The van der Waals surface area contributed by atoms with E-state index in [4.69, 9.17) is 5.73 Å². The molecule has 0 spiro atoms. The summed E-state index contributed by atoms with van der Waals surface area (Å²) in [4.78, 5) is 20.5. The molecule has 0 amide bonds. The van der Waals surface area contributed by atoms with Gasteiger partial charge < -0.3 is 5.73 Å². The molecule has 0 aliphatic heterocycles. The molecule has 0 saturated heterocycles. The van der Waals surface area contributed by atoms with Crippen LogP contribution in [0.25, 0.3) is 17.0 Å². The van der Waals surface area contributed by atoms with Crippen LogP contribution < -0.4 is 11.3 Å². The standard InChI is InChI=1S/C12H11N5O/c1-7-9(8-5-3-2-4-6-8)14-12-15-11(13)16-17(12)10(7)18/h2-6H,1H3,(H3,13,14,15,16). The number of hydrogen-bond donors (Lipinski definition) is 2. The van der Waals surface area contributed by atoms with E-state index in [1.165, 1.54) is 4.52 Å². The number of aromatic nitrogens is 4. The molecule has 3 aromatic rings. The van der Waals surface area contributed by atoms with Crippen molar-refractivity contribution < 1.29 is 0 Å². The summed E-state index contributed by atoms with van der Waals surface area (Å²) < 4.78 is 1.25. The second-order valence-electron chi connectivity index (χ2n) is 4.00. The van der Waals surface area contributed by atoms with Crippen molar-refractivity contribution in [3.05, 3.63) is 46.2 Å². The molecule has 3 rings (SSSR count). The van der Waals surface area contributed by atoms with Crippen LogP contribution >= 0.6 is 0 Å². The average Bonchev–Trinajstić information content (AvgIpc) is 2.76. The van der Waals surface area contributed by atoms with Crippen LogP contribution in [0.3, 0.4) is 0 Å². The molecular formula is C12H11N5O. The zero-order valence-corrected chi connectivity index (χ0v) is 9.71. The Hall–Kier alpha value is -2.63. The van der Waals surface area contributed by atoms with E-state index in [1.54, 1.807) is 6.92 Å². The lowest BCUT2D eigenvalue weighted by atomic mass is 10.1. The van der Waals surface area contributed by atoms with Crippen LogP contribution in [0.2, 0.25) is 0 Å². The molecule has 1 aromatic carbocycles. The van der Waals surface area contributed by atoms with Crippen LogP contribution in [0.4, 0.5) is 5.95 Å². The molecular weight excluding hydrogens is 230 g/mol. The Morgan fingerprint density at radius 2 is 1.94 bits per heavy atom. The van der Waals surface area contributed by atoms with Crippen molar-refractivity contribution in [2.24, 2.45) is 0 Å². The molecule has 0 atom stereocenters. The molecule has 3 N–H and O–H groups in total. The van der Waals surface area contributed by atoms with Crippen molar-refractivity contribution in [1.82, 2.24) is 19.6 Å². The number of fused-ring (bicyclic) bond motifs is 1. The van der Waals surface area contributed by atoms with E-state index in [0.29, 0.717) is 11.3 Å². The van der Waals surface area contributed by atoms with E-state index in [-0.39, 0.29) is 17.3 Å². The van der Waals surface area contributed by atoms with Crippen LogP contribution in [0.15, 0.2) is 35.1 Å². The number of aromatic amines is 1. The predicted molar refractivity (Wildman–Crippen MR) is 68.2 cm³/mol. The highest BCUT2D eigenvalue weighted by molar-refractivity contribution is 5.64. The zero-order valence-electron chi connectivity index (χ0n) is 9.71. The van der Waals surface area contributed by atoms with E-state index in [0.717, 1.165) is 5.56 Å². The van der Waals surface area contributed by atoms with Crippen LogP contribution in [0.5, 0.6) is 0 Å². The van der Waals surface area contributed by atoms with Crippen molar-refractivity contribution in [2.75, 3.05) is 5.73 Å². The van der Waals surface area contributed by atoms with E-state index >= 15 is 0 Å². The number of nitrogens with zero attached hydrogens (tertiary/aromatic N) is 3. The SMILES string of the molecule is Cc1c(-c2ccccc2)nc2nc(N)[nH]n2c1=O. The summed E-state index contributed by atoms with van der Waals surface area (Å²) >= 11 is 0. The largest absolute Gasteiger partial charge is 0.368 e. The van der Waals surface area contributed by atoms with Gasteiger partial charge in [-0.25, -0.2) is 4.98 Å². The lowest BCUT2D eigenvalue weighted by Crippen LogP contribution is -2.19. The molecule has 6 heteroatoms. The molecule has 0 fully saturated rings. The number of hydrogen-bond acceptors (Lipinski definition) is 4. The lowest BCUT2D eigenvalue weighted by Gasteiger charge is -2.04. The van der Waals surface area contributed by atoms with Gasteiger partial charge in [0, 0.05) is 11.1 Å². The number of benzene rings is 1. The summed E-state index contributed by atoms with van der Waals surface area (Å²) in [6.45, 7) is 1.74. The Kier molecular flexibility index (Phi) is 2.16. The summed E-state index contributed by atoms with van der Waals surface area (Å²) in [6, 6.07) is 9.52. The Morgan fingerprint density at radius 3 is 2.67 bits per heavy atom. The highest BCUT2D eigenvalue weighted by Crippen LogP contribution is 2.18. The minimum atomic E-state index is -0.192. The quantitative estimate of drug-likeness (QED) is 0.664. The summed E-state index contributed by atoms with van der Waals surface area (Å²) in [5, 5.41) is 2.65. The second-order valence-corrected chi connectivity index (χ2v) is 4.00. The van der Waals surface area contributed by atoms with E-state index in [2.05, 4.69) is 15.1 Å². The van der Waals surface area contributed by atoms with Gasteiger partial charge in [0.2, 0.25) is 5.95 Å². The molecule has 0 aliphatic carbocycles. The fourth-order valence-electron chi connectivity index (χ4n) is 1.89. The van der Waals surface area contributed by atoms with Crippen molar-refractivity contribution >= 4 is 11.7 Å². The molecule has 90 valence electrons. The van der Waals surface area contributed by atoms with Crippen LogP contribution in [-0.4, -0.2) is 19.6 Å². The number of nitrogens with one attached hydrogen (secondary N) is 1. The van der Waals surface area contributed by atoms with Gasteiger partial charge in [-0.3, -0.25) is 9.89 Å². The van der Waals surface area contributed by atoms with Crippen molar-refractivity contribution in [1.29, 1.82) is 0 Å². The van der Waals surface area contributed by atoms with Crippen molar-refractivity contribution in [2.45, 2.75) is 6.92 Å². The van der Waals surface area contributed by atoms with Crippen LogP contribution in [-0.2, 0) is 0 Å². The van der Waals surface area contributed by atoms with Gasteiger partial charge in [-0.1, -0.05) is 30.3 Å². The van der Waals surface area contributed by atoms with Gasteiger partial charge >= 0.3 is 0 Å². The molecule has 18 heavy (non-hydrogen) atoms. The Bertz CT molecular complexity index is 772. The lowest BCUT2D eigenvalue weighted by molar-refractivity contribution is 0.891. The van der Waals surface area contributed by atoms with Crippen LogP contribution in [0, 0.1) is 6.92 Å². The van der Waals surface area contributed by atoms with Gasteiger partial charge in [-0.05, 0) is 6.92 Å². The minimum Gasteiger partial charge on any atom is -0.368 e. The van der Waals surface area contributed by atoms with Gasteiger partial charge in [-0.15, -0.1) is 0 Å². The number of nitrogen functional groups attached to an aromatic ring is 1. The molecule has 0 aliphatic rings. The maximum atomic E-state index is 12.1. The fraction of sp³-hybridized carbons (Fsp3) is 0.0833. The number of H-pyrrole nitrogens is 1. The Labute approximate surface area is 102 Å². The Balaban J connectivity index is 2.37. The predicted octanol–water partition coefficient (Wildman–Crippen LogP) is 0.975. The van der Waals surface area contributed by atoms with E-state index in [1.807, 2.05) is 30.3 Å². The Morgan fingerprint density at radius 1 is 1.22 bits per heavy atom. The highest BCUT2D eigenvalue weighted by atomic mass is 16.1. The fourth-order valence-corrected chi connectivity index (χ4v) is 1.89. The first-order valence-electron chi connectivity index (χ1n) is 5.47. The summed E-state index contributed by atoms with van der Waals surface area (Å²) in [5.74, 6) is 0.450. The normalized spacial score (nSPS) is 10.9. The first-order valence-corrected chi connectivity index (χ1v) is 5.47. The molecule has 0 radical (unpaired) electrons. The smallest absolute Gasteiger partial charge is 0.277 e. The molecule has 0 unspecified atom stereocenters. The third-order valence-electron chi connectivity index (χ3n) is 2.78. The number of rotatable bonds is 1. The van der Waals surface area contributed by atoms with E-state index in [9.17, 15) is 4.79 Å². The van der Waals surface area contributed by atoms with Crippen LogP contribution in [0.1, 0.15) is 5.56 Å². The first-order chi connectivity index (χ1) is 8.66. The van der Waals surface area contributed by atoms with Crippen molar-refractivity contribution in [3.8, 4) is 11.3 Å². The molecule has 2 heterocycles. The topological polar surface area (TPSA) is 89.1 Å². The molecule has 0 bridgehead atoms. The van der Waals surface area contributed by atoms with Gasteiger partial charge in [0.05, 0.1) is 5.69 Å². The summed E-state index contributed by atoms with van der Waals surface area (Å²) in [5.41, 5.74) is 7.41. The first kappa shape index (κ1) is 10.5. The average molecular weight is 241 g/mol. The summed E-state index contributed by atoms with van der Waals surface area (Å²) in [6.07, 6.45) is 0. The third kappa shape index (κ3) is 1.46. The van der Waals surface area contributed by atoms with Crippen molar-refractivity contribution in [3.63, 3.8) is 0 Å². The van der Waals surface area contributed by atoms with Gasteiger partial charge in [-0.2, -0.15) is 9.50 Å². The molecule has 2 aromatic heterocycles. The second kappa shape index (κ2) is 3.69. The highest BCUT2D eigenvalue weighted by Gasteiger charge is 2.12. The monoisotopic (exact) mass is 241 g/mol. The molecule has 0 saturated carbocycles. The van der Waals surface area contributed by atoms with E-state index < -0.39 is 0 Å². The van der Waals surface area contributed by atoms with Gasteiger partial charge in [0.1, 0.15) is 0 Å². The molecule has 6 nitrogen and oxygen atoms in total.